The molecule has 0 radical (unpaired) electrons. The van der Waals surface area contributed by atoms with Crippen LogP contribution in [0.25, 0.3) is 0 Å². The van der Waals surface area contributed by atoms with Crippen LogP contribution in [0.4, 0.5) is 21.6 Å². The van der Waals surface area contributed by atoms with Gasteiger partial charge in [-0.25, -0.2) is 15.2 Å². The van der Waals surface area contributed by atoms with E-state index in [0.717, 1.165) is 5.69 Å². The van der Waals surface area contributed by atoms with Gasteiger partial charge in [0.05, 0.1) is 10.0 Å². The Balaban J connectivity index is 2.28. The van der Waals surface area contributed by atoms with E-state index in [1.54, 1.807) is 18.3 Å². The van der Waals surface area contributed by atoms with Gasteiger partial charge in [0.2, 0.25) is 0 Å². The van der Waals surface area contributed by atoms with Crippen LogP contribution in [0.3, 0.4) is 0 Å². The zero-order chi connectivity index (χ0) is 13.1. The molecule has 1 aromatic heterocycles. The summed E-state index contributed by atoms with van der Waals surface area (Å²) in [4.78, 5) is 3.96. The Kier molecular flexibility index (Phi) is 3.86. The largest absolute Gasteiger partial charge is 0.355 e. The van der Waals surface area contributed by atoms with E-state index in [1.165, 1.54) is 12.1 Å². The van der Waals surface area contributed by atoms with Crippen LogP contribution in [-0.4, -0.2) is 4.98 Å². The highest BCUT2D eigenvalue weighted by Crippen LogP contribution is 2.29. The minimum absolute atomic E-state index is 0.0452. The van der Waals surface area contributed by atoms with Gasteiger partial charge in [-0.3, -0.25) is 0 Å². The number of hydrogen-bond acceptors (Lipinski definition) is 4. The van der Waals surface area contributed by atoms with Crippen LogP contribution in [0.2, 0.25) is 10.0 Å². The average molecular weight is 287 g/mol. The van der Waals surface area contributed by atoms with E-state index in [-0.39, 0.29) is 10.0 Å². The highest BCUT2D eigenvalue weighted by Gasteiger charge is 2.07. The molecule has 0 aliphatic carbocycles. The molecular weight excluding hydrogens is 278 g/mol. The number of nitrogens with zero attached hydrogens (tertiary/aromatic N) is 1. The Morgan fingerprint density at radius 3 is 2.39 bits per heavy atom. The van der Waals surface area contributed by atoms with Crippen LogP contribution >= 0.6 is 23.2 Å². The highest BCUT2D eigenvalue weighted by molar-refractivity contribution is 6.35. The maximum atomic E-state index is 13.2. The lowest BCUT2D eigenvalue weighted by Gasteiger charge is -2.09. The minimum atomic E-state index is -0.636. The molecule has 0 aliphatic heterocycles. The maximum Gasteiger partial charge on any atom is 0.160 e. The topological polar surface area (TPSA) is 63.0 Å². The van der Waals surface area contributed by atoms with Crippen molar-refractivity contribution < 1.29 is 4.39 Å². The van der Waals surface area contributed by atoms with Gasteiger partial charge in [0.25, 0.3) is 0 Å². The molecule has 18 heavy (non-hydrogen) atoms. The smallest absolute Gasteiger partial charge is 0.160 e. The number of hydrazine groups is 1. The summed E-state index contributed by atoms with van der Waals surface area (Å²) in [7, 11) is 0. The quantitative estimate of drug-likeness (QED) is 0.459. The zero-order valence-corrected chi connectivity index (χ0v) is 10.6. The van der Waals surface area contributed by atoms with Gasteiger partial charge in [-0.15, -0.1) is 0 Å². The molecule has 94 valence electrons. The molecule has 2 rings (SSSR count). The molecular formula is C11H9Cl2FN4. The molecule has 0 unspecified atom stereocenters. The van der Waals surface area contributed by atoms with Crippen LogP contribution in [0.5, 0.6) is 0 Å². The van der Waals surface area contributed by atoms with Gasteiger partial charge in [0.1, 0.15) is 5.82 Å². The van der Waals surface area contributed by atoms with E-state index in [1.807, 2.05) is 0 Å². The second-order valence-electron chi connectivity index (χ2n) is 3.45. The molecule has 4 N–H and O–H groups in total. The number of halogens is 3. The van der Waals surface area contributed by atoms with E-state index in [4.69, 9.17) is 29.0 Å². The number of anilines is 3. The lowest BCUT2D eigenvalue weighted by molar-refractivity contribution is 0.629. The average Bonchev–Trinajstić information content (AvgIpc) is 2.36. The number of benzene rings is 1. The van der Waals surface area contributed by atoms with E-state index in [2.05, 4.69) is 15.7 Å². The fourth-order valence-corrected chi connectivity index (χ4v) is 1.87. The summed E-state index contributed by atoms with van der Waals surface area (Å²) in [5, 5.41) is 2.93. The van der Waals surface area contributed by atoms with Crippen molar-refractivity contribution in [2.45, 2.75) is 0 Å². The summed E-state index contributed by atoms with van der Waals surface area (Å²) in [5.41, 5.74) is 3.71. The van der Waals surface area contributed by atoms with Crippen molar-refractivity contribution in [1.29, 1.82) is 0 Å². The van der Waals surface area contributed by atoms with Crippen molar-refractivity contribution >= 4 is 40.4 Å². The molecule has 0 aliphatic rings. The second kappa shape index (κ2) is 5.39. The number of aromatic nitrogens is 1. The van der Waals surface area contributed by atoms with Crippen molar-refractivity contribution in [1.82, 2.24) is 4.98 Å². The summed E-state index contributed by atoms with van der Waals surface area (Å²) in [6, 6.07) is 6.30. The van der Waals surface area contributed by atoms with Gasteiger partial charge in [-0.05, 0) is 18.2 Å². The van der Waals surface area contributed by atoms with Gasteiger partial charge < -0.3 is 10.7 Å². The molecule has 0 amide bonds. The van der Waals surface area contributed by atoms with Gasteiger partial charge >= 0.3 is 0 Å². The van der Waals surface area contributed by atoms with Crippen LogP contribution in [0, 0.1) is 5.82 Å². The van der Waals surface area contributed by atoms with Crippen LogP contribution in [0.15, 0.2) is 30.5 Å². The first kappa shape index (κ1) is 12.9. The standard InChI is InChI=1S/C11H9Cl2FN4/c12-8-3-7(4-9(13)11(8)14)17-6-1-2-16-10(5-6)18-15/h1-5H,15H2,(H2,16,17,18). The van der Waals surface area contributed by atoms with E-state index < -0.39 is 5.82 Å². The molecule has 1 aromatic carbocycles. The van der Waals surface area contributed by atoms with E-state index in [9.17, 15) is 4.39 Å². The molecule has 0 saturated heterocycles. The lowest BCUT2D eigenvalue weighted by atomic mass is 10.3. The Morgan fingerprint density at radius 2 is 1.78 bits per heavy atom. The Hall–Kier alpha value is -1.56. The van der Waals surface area contributed by atoms with Crippen molar-refractivity contribution in [3.63, 3.8) is 0 Å². The zero-order valence-electron chi connectivity index (χ0n) is 9.05. The van der Waals surface area contributed by atoms with Crippen molar-refractivity contribution in [2.24, 2.45) is 5.84 Å². The summed E-state index contributed by atoms with van der Waals surface area (Å²) < 4.78 is 13.2. The lowest BCUT2D eigenvalue weighted by Crippen LogP contribution is -2.08. The number of nitrogens with two attached hydrogens (primary N) is 1. The second-order valence-corrected chi connectivity index (χ2v) is 4.27. The normalized spacial score (nSPS) is 10.2. The van der Waals surface area contributed by atoms with Gasteiger partial charge in [-0.1, -0.05) is 23.2 Å². The van der Waals surface area contributed by atoms with Crippen LogP contribution in [0.1, 0.15) is 0 Å². The molecule has 1 heterocycles. The van der Waals surface area contributed by atoms with Crippen LogP contribution in [-0.2, 0) is 0 Å². The molecule has 7 heteroatoms. The SMILES string of the molecule is NNc1cc(Nc2cc(Cl)c(F)c(Cl)c2)ccn1. The Bertz CT molecular complexity index is 554. The van der Waals surface area contributed by atoms with Crippen molar-refractivity contribution in [3.8, 4) is 0 Å². The highest BCUT2D eigenvalue weighted by atomic mass is 35.5. The minimum Gasteiger partial charge on any atom is -0.355 e. The first-order chi connectivity index (χ1) is 8.60. The van der Waals surface area contributed by atoms with E-state index >= 15 is 0 Å². The third-order valence-electron chi connectivity index (χ3n) is 2.18. The third-order valence-corrected chi connectivity index (χ3v) is 2.73. The van der Waals surface area contributed by atoms with Crippen molar-refractivity contribution in [3.05, 3.63) is 46.3 Å². The van der Waals surface area contributed by atoms with Gasteiger partial charge in [0, 0.05) is 23.6 Å². The van der Waals surface area contributed by atoms with Gasteiger partial charge in [0.15, 0.2) is 5.82 Å². The monoisotopic (exact) mass is 286 g/mol. The molecule has 0 atom stereocenters. The van der Waals surface area contributed by atoms with Crippen LogP contribution < -0.4 is 16.6 Å². The predicted molar refractivity (Wildman–Crippen MR) is 71.7 cm³/mol. The van der Waals surface area contributed by atoms with Crippen molar-refractivity contribution in [2.75, 3.05) is 10.7 Å². The number of nitrogen functional groups attached to an aromatic ring is 1. The fraction of sp³-hybridized carbons (Fsp3) is 0. The maximum absolute atomic E-state index is 13.2. The van der Waals surface area contributed by atoms with E-state index in [0.29, 0.717) is 11.5 Å². The third kappa shape index (κ3) is 2.81. The summed E-state index contributed by atoms with van der Waals surface area (Å²) in [6.45, 7) is 0. The summed E-state index contributed by atoms with van der Waals surface area (Å²) in [5.74, 6) is 5.11. The number of rotatable bonds is 3. The number of pyridine rings is 1. The molecule has 2 aromatic rings. The Labute approximate surface area is 113 Å². The molecule has 4 nitrogen and oxygen atoms in total. The predicted octanol–water partition coefficient (Wildman–Crippen LogP) is 3.56. The summed E-state index contributed by atoms with van der Waals surface area (Å²) >= 11 is 11.4. The first-order valence-corrected chi connectivity index (χ1v) is 5.70. The molecule has 0 saturated carbocycles. The molecule has 0 spiro atoms. The first-order valence-electron chi connectivity index (χ1n) is 4.94. The van der Waals surface area contributed by atoms with Gasteiger partial charge in [-0.2, -0.15) is 0 Å². The fourth-order valence-electron chi connectivity index (χ4n) is 1.38. The molecule has 0 fully saturated rings. The number of hydrogen-bond donors (Lipinski definition) is 3. The summed E-state index contributed by atoms with van der Waals surface area (Å²) in [6.07, 6.45) is 1.57. The Morgan fingerprint density at radius 1 is 1.11 bits per heavy atom. The molecule has 0 bridgehead atoms. The number of nitrogens with one attached hydrogen (secondary N) is 2.